The molecule has 1 aliphatic heterocycles. The van der Waals surface area contributed by atoms with Crippen molar-refractivity contribution in [2.45, 2.75) is 18.6 Å². The zero-order valence-electron chi connectivity index (χ0n) is 14.5. The van der Waals surface area contributed by atoms with Crippen LogP contribution in [0.3, 0.4) is 0 Å². The van der Waals surface area contributed by atoms with Crippen LogP contribution in [0.5, 0.6) is 5.75 Å². The fourth-order valence-corrected chi connectivity index (χ4v) is 2.83. The lowest BCUT2D eigenvalue weighted by Crippen LogP contribution is -2.39. The van der Waals surface area contributed by atoms with E-state index >= 15 is 0 Å². The Bertz CT molecular complexity index is 801. The van der Waals surface area contributed by atoms with Crippen molar-refractivity contribution in [2.75, 3.05) is 30.4 Å². The van der Waals surface area contributed by atoms with Gasteiger partial charge in [0, 0.05) is 31.4 Å². The van der Waals surface area contributed by atoms with E-state index < -0.39 is 17.9 Å². The highest BCUT2D eigenvalue weighted by atomic mass is 19.4. The maximum atomic E-state index is 12.7. The van der Waals surface area contributed by atoms with E-state index in [2.05, 4.69) is 20.6 Å². The number of nitrogens with one attached hydrogen (secondary N) is 2. The third-order valence-electron chi connectivity index (χ3n) is 4.12. The molecule has 2 aromatic heterocycles. The summed E-state index contributed by atoms with van der Waals surface area (Å²) in [6.07, 6.45) is -1.23. The third kappa shape index (κ3) is 4.57. The molecular weight excluding hydrogens is 363 g/mol. The van der Waals surface area contributed by atoms with Gasteiger partial charge in [-0.2, -0.15) is 13.2 Å². The number of nitrogens with zero attached hydrogens (tertiary/aromatic N) is 3. The van der Waals surface area contributed by atoms with E-state index in [-0.39, 0.29) is 17.5 Å². The molecule has 1 saturated heterocycles. The van der Waals surface area contributed by atoms with Gasteiger partial charge in [0.15, 0.2) is 0 Å². The Morgan fingerprint density at radius 2 is 2.15 bits per heavy atom. The van der Waals surface area contributed by atoms with Gasteiger partial charge in [0.2, 0.25) is 0 Å². The van der Waals surface area contributed by atoms with Crippen molar-refractivity contribution in [3.63, 3.8) is 0 Å². The first-order valence-electron chi connectivity index (χ1n) is 8.21. The maximum Gasteiger partial charge on any atom is 0.433 e. The molecule has 0 unspecified atom stereocenters. The highest BCUT2D eigenvalue weighted by molar-refractivity contribution is 5.91. The number of urea groups is 1. The van der Waals surface area contributed by atoms with Gasteiger partial charge in [0.05, 0.1) is 13.3 Å². The minimum absolute atomic E-state index is 0.0579. The number of pyridine rings is 2. The van der Waals surface area contributed by atoms with Crippen molar-refractivity contribution in [1.82, 2.24) is 15.3 Å². The molecule has 7 nitrogen and oxygen atoms in total. The topological polar surface area (TPSA) is 79.4 Å². The molecule has 0 radical (unpaired) electrons. The monoisotopic (exact) mass is 381 g/mol. The predicted molar refractivity (Wildman–Crippen MR) is 92.8 cm³/mol. The van der Waals surface area contributed by atoms with E-state index in [1.807, 2.05) is 23.1 Å². The van der Waals surface area contributed by atoms with E-state index in [0.717, 1.165) is 31.0 Å². The van der Waals surface area contributed by atoms with E-state index in [1.54, 1.807) is 6.20 Å². The molecule has 1 fully saturated rings. The average molecular weight is 381 g/mol. The number of aromatic nitrogens is 2. The lowest BCUT2D eigenvalue weighted by atomic mass is 10.2. The van der Waals surface area contributed by atoms with E-state index in [9.17, 15) is 18.0 Å². The van der Waals surface area contributed by atoms with E-state index in [4.69, 9.17) is 4.74 Å². The number of ether oxygens (including phenoxy) is 1. The molecule has 27 heavy (non-hydrogen) atoms. The predicted octanol–water partition coefficient (Wildman–Crippen LogP) is 2.90. The summed E-state index contributed by atoms with van der Waals surface area (Å²) in [6, 6.07) is 5.70. The van der Waals surface area contributed by atoms with Gasteiger partial charge in [-0.1, -0.05) is 6.07 Å². The fourth-order valence-electron chi connectivity index (χ4n) is 2.83. The molecule has 1 atom stereocenters. The summed E-state index contributed by atoms with van der Waals surface area (Å²) in [7, 11) is 1.22. The van der Waals surface area contributed by atoms with Gasteiger partial charge >= 0.3 is 12.2 Å². The van der Waals surface area contributed by atoms with Crippen molar-refractivity contribution >= 4 is 17.5 Å². The highest BCUT2D eigenvalue weighted by Gasteiger charge is 2.33. The Morgan fingerprint density at radius 1 is 1.33 bits per heavy atom. The summed E-state index contributed by atoms with van der Waals surface area (Å²) in [4.78, 5) is 21.9. The van der Waals surface area contributed by atoms with E-state index in [1.165, 1.54) is 7.11 Å². The molecule has 10 heteroatoms. The summed E-state index contributed by atoms with van der Waals surface area (Å²) >= 11 is 0. The molecule has 3 rings (SSSR count). The van der Waals surface area contributed by atoms with Crippen LogP contribution in [0.15, 0.2) is 36.7 Å². The Balaban J connectivity index is 1.60. The first kappa shape index (κ1) is 18.7. The quantitative estimate of drug-likeness (QED) is 0.851. The number of amides is 2. The smallest absolute Gasteiger partial charge is 0.433 e. The maximum absolute atomic E-state index is 12.7. The standard InChI is InChI=1S/C17H18F3N5O2/c1-27-13-8-14(17(18,19)20)22-9-12(13)24-16(26)23-11-5-7-25(10-11)15-4-2-3-6-21-15/h2-4,6,8-9,11H,5,7,10H2,1H3,(H2,23,24,26)/t11-/m0/s1. The van der Waals surface area contributed by atoms with Crippen LogP contribution in [-0.4, -0.2) is 42.2 Å². The van der Waals surface area contributed by atoms with Gasteiger partial charge in [-0.3, -0.25) is 0 Å². The van der Waals surface area contributed by atoms with Gasteiger partial charge < -0.3 is 20.3 Å². The molecular formula is C17H18F3N5O2. The normalized spacial score (nSPS) is 16.9. The van der Waals surface area contributed by atoms with Gasteiger partial charge in [0.25, 0.3) is 0 Å². The number of hydrogen-bond acceptors (Lipinski definition) is 5. The molecule has 2 amide bonds. The van der Waals surface area contributed by atoms with Gasteiger partial charge in [-0.05, 0) is 18.6 Å². The third-order valence-corrected chi connectivity index (χ3v) is 4.12. The van der Waals surface area contributed by atoms with Crippen LogP contribution in [0.2, 0.25) is 0 Å². The van der Waals surface area contributed by atoms with Crippen molar-refractivity contribution < 1.29 is 22.7 Å². The minimum Gasteiger partial charge on any atom is -0.494 e. The molecule has 3 heterocycles. The van der Waals surface area contributed by atoms with Crippen LogP contribution in [0, 0.1) is 0 Å². The average Bonchev–Trinajstić information content (AvgIpc) is 3.10. The summed E-state index contributed by atoms with van der Waals surface area (Å²) in [5.41, 5.74) is -1.03. The fraction of sp³-hybridized carbons (Fsp3) is 0.353. The van der Waals surface area contributed by atoms with Crippen molar-refractivity contribution in [1.29, 1.82) is 0 Å². The van der Waals surface area contributed by atoms with Crippen LogP contribution < -0.4 is 20.3 Å². The second kappa shape index (κ2) is 7.68. The first-order chi connectivity index (χ1) is 12.9. The zero-order chi connectivity index (χ0) is 19.4. The van der Waals surface area contributed by atoms with Crippen LogP contribution in [0.4, 0.5) is 29.5 Å². The van der Waals surface area contributed by atoms with Gasteiger partial charge in [-0.15, -0.1) is 0 Å². The summed E-state index contributed by atoms with van der Waals surface area (Å²) in [5.74, 6) is 0.713. The molecule has 0 aromatic carbocycles. The minimum atomic E-state index is -4.59. The Kier molecular flexibility index (Phi) is 5.33. The van der Waals surface area contributed by atoms with E-state index in [0.29, 0.717) is 6.54 Å². The number of anilines is 2. The summed E-state index contributed by atoms with van der Waals surface area (Å²) < 4.78 is 43.1. The van der Waals surface area contributed by atoms with Crippen molar-refractivity contribution in [3.8, 4) is 5.75 Å². The van der Waals surface area contributed by atoms with Crippen LogP contribution in [-0.2, 0) is 6.18 Å². The van der Waals surface area contributed by atoms with Crippen molar-refractivity contribution in [2.24, 2.45) is 0 Å². The second-order valence-corrected chi connectivity index (χ2v) is 5.99. The molecule has 0 bridgehead atoms. The molecule has 2 N–H and O–H groups in total. The molecule has 0 aliphatic carbocycles. The molecule has 1 aliphatic rings. The number of carbonyl (C=O) groups excluding carboxylic acids is 1. The molecule has 2 aromatic rings. The Labute approximate surface area is 153 Å². The Hall–Kier alpha value is -3.04. The number of rotatable bonds is 4. The number of methoxy groups -OCH3 is 1. The van der Waals surface area contributed by atoms with Crippen LogP contribution >= 0.6 is 0 Å². The number of alkyl halides is 3. The van der Waals surface area contributed by atoms with Gasteiger partial charge in [-0.25, -0.2) is 14.8 Å². The summed E-state index contributed by atoms with van der Waals surface area (Å²) in [6.45, 7) is 1.33. The lowest BCUT2D eigenvalue weighted by molar-refractivity contribution is -0.141. The van der Waals surface area contributed by atoms with Gasteiger partial charge in [0.1, 0.15) is 22.9 Å². The van der Waals surface area contributed by atoms with Crippen LogP contribution in [0.1, 0.15) is 12.1 Å². The molecule has 0 saturated carbocycles. The SMILES string of the molecule is COc1cc(C(F)(F)F)ncc1NC(=O)N[C@H]1CCN(c2ccccn2)C1. The molecule has 144 valence electrons. The van der Waals surface area contributed by atoms with Crippen LogP contribution in [0.25, 0.3) is 0 Å². The first-order valence-corrected chi connectivity index (χ1v) is 8.21. The molecule has 0 spiro atoms. The number of hydrogen-bond donors (Lipinski definition) is 2. The number of halogens is 3. The zero-order valence-corrected chi connectivity index (χ0v) is 14.5. The highest BCUT2D eigenvalue weighted by Crippen LogP contribution is 2.33. The Morgan fingerprint density at radius 3 is 2.81 bits per heavy atom. The summed E-state index contributed by atoms with van der Waals surface area (Å²) in [5, 5.41) is 5.28. The largest absolute Gasteiger partial charge is 0.494 e. The number of carbonyl (C=O) groups is 1. The lowest BCUT2D eigenvalue weighted by Gasteiger charge is -2.18. The second-order valence-electron chi connectivity index (χ2n) is 5.99. The van der Waals surface area contributed by atoms with Crippen molar-refractivity contribution in [3.05, 3.63) is 42.4 Å².